The summed E-state index contributed by atoms with van der Waals surface area (Å²) in [6, 6.07) is 14.6. The van der Waals surface area contributed by atoms with Crippen LogP contribution in [0.15, 0.2) is 48.7 Å². The Bertz CT molecular complexity index is 1090. The molecule has 2 heterocycles. The fourth-order valence-electron chi connectivity index (χ4n) is 3.63. The van der Waals surface area contributed by atoms with Gasteiger partial charge in [-0.1, -0.05) is 0 Å². The summed E-state index contributed by atoms with van der Waals surface area (Å²) in [5.41, 5.74) is 5.02. The number of carbonyl (C=O) groups is 1. The van der Waals surface area contributed by atoms with Crippen molar-refractivity contribution in [2.75, 3.05) is 28.6 Å². The molecule has 1 aliphatic rings. The summed E-state index contributed by atoms with van der Waals surface area (Å²) >= 11 is 2.28. The summed E-state index contributed by atoms with van der Waals surface area (Å²) in [7, 11) is 1.92. The van der Waals surface area contributed by atoms with Crippen molar-refractivity contribution in [2.45, 2.75) is 12.8 Å². The van der Waals surface area contributed by atoms with E-state index < -0.39 is 0 Å². The molecule has 2 amide bonds. The Morgan fingerprint density at radius 1 is 1.10 bits per heavy atom. The molecule has 0 aliphatic carbocycles. The lowest BCUT2D eigenvalue weighted by Crippen LogP contribution is -2.21. The number of halogens is 1. The molecule has 1 aliphatic heterocycles. The first-order valence-corrected chi connectivity index (χ1v) is 10.8. The van der Waals surface area contributed by atoms with E-state index in [0.717, 1.165) is 39.3 Å². The second-order valence-corrected chi connectivity index (χ2v) is 8.36. The van der Waals surface area contributed by atoms with Crippen molar-refractivity contribution in [3.8, 4) is 17.3 Å². The lowest BCUT2D eigenvalue weighted by Gasteiger charge is -2.20. The average Bonchev–Trinajstić information content (AvgIpc) is 3.38. The minimum Gasteiger partial charge on any atom is -0.371 e. The summed E-state index contributed by atoms with van der Waals surface area (Å²) in [5, 5.41) is 19.0. The van der Waals surface area contributed by atoms with Crippen molar-refractivity contribution < 1.29 is 4.79 Å². The van der Waals surface area contributed by atoms with E-state index >= 15 is 0 Å². The van der Waals surface area contributed by atoms with Crippen molar-refractivity contribution >= 4 is 45.7 Å². The van der Waals surface area contributed by atoms with E-state index in [1.165, 1.54) is 12.8 Å². The second kappa shape index (κ2) is 8.75. The molecule has 2 aromatic carbocycles. The van der Waals surface area contributed by atoms with Crippen LogP contribution in [0.3, 0.4) is 0 Å². The molecular formula is C22H21IN6O. The smallest absolute Gasteiger partial charge is 0.323 e. The number of amides is 2. The van der Waals surface area contributed by atoms with Crippen molar-refractivity contribution in [3.05, 3.63) is 57.8 Å². The van der Waals surface area contributed by atoms with Gasteiger partial charge in [0.05, 0.1) is 27.1 Å². The van der Waals surface area contributed by atoms with E-state index in [1.54, 1.807) is 24.3 Å². The van der Waals surface area contributed by atoms with Crippen LogP contribution >= 0.6 is 22.6 Å². The van der Waals surface area contributed by atoms with Gasteiger partial charge in [-0.3, -0.25) is 4.68 Å². The zero-order chi connectivity index (χ0) is 21.1. The molecule has 0 unspecified atom stereocenters. The highest BCUT2D eigenvalue weighted by Crippen LogP contribution is 2.33. The minimum atomic E-state index is -0.330. The molecule has 152 valence electrons. The zero-order valence-corrected chi connectivity index (χ0v) is 18.7. The maximum Gasteiger partial charge on any atom is 0.323 e. The van der Waals surface area contributed by atoms with Gasteiger partial charge in [-0.15, -0.1) is 0 Å². The summed E-state index contributed by atoms with van der Waals surface area (Å²) in [4.78, 5) is 14.9. The van der Waals surface area contributed by atoms with Gasteiger partial charge < -0.3 is 15.5 Å². The Kier molecular flexibility index (Phi) is 5.90. The summed E-state index contributed by atoms with van der Waals surface area (Å²) in [6.07, 6.45) is 4.19. The zero-order valence-electron chi connectivity index (χ0n) is 16.5. The molecule has 8 heteroatoms. The number of aromatic nitrogens is 2. The van der Waals surface area contributed by atoms with Gasteiger partial charge in [0.1, 0.15) is 0 Å². The number of nitrogens with one attached hydrogen (secondary N) is 2. The molecule has 1 saturated heterocycles. The predicted octanol–water partition coefficient (Wildman–Crippen LogP) is 4.81. The molecule has 3 aromatic rings. The van der Waals surface area contributed by atoms with Gasteiger partial charge >= 0.3 is 6.03 Å². The molecule has 1 aromatic heterocycles. The standard InChI is InChI=1S/C22H21IN6O/c1-28-21(20(23)14-25-28)16-10-18(12-19(11-16)29-8-2-3-9-29)27-22(30)26-17-6-4-15(13-24)5-7-17/h4-7,10-12,14H,2-3,8-9H2,1H3,(H2,26,27,30). The van der Waals surface area contributed by atoms with E-state index in [2.05, 4.69) is 55.4 Å². The van der Waals surface area contributed by atoms with Crippen LogP contribution in [0.25, 0.3) is 11.3 Å². The van der Waals surface area contributed by atoms with Crippen LogP contribution in [0.2, 0.25) is 0 Å². The maximum absolute atomic E-state index is 12.6. The number of hydrogen-bond donors (Lipinski definition) is 2. The van der Waals surface area contributed by atoms with Gasteiger partial charge in [0.15, 0.2) is 0 Å². The molecular weight excluding hydrogens is 491 g/mol. The molecule has 2 N–H and O–H groups in total. The lowest BCUT2D eigenvalue weighted by molar-refractivity contribution is 0.262. The molecule has 0 radical (unpaired) electrons. The Morgan fingerprint density at radius 2 is 1.80 bits per heavy atom. The highest BCUT2D eigenvalue weighted by molar-refractivity contribution is 14.1. The number of anilines is 3. The van der Waals surface area contributed by atoms with E-state index in [1.807, 2.05) is 30.1 Å². The van der Waals surface area contributed by atoms with E-state index in [4.69, 9.17) is 5.26 Å². The number of nitrogens with zero attached hydrogens (tertiary/aromatic N) is 4. The van der Waals surface area contributed by atoms with Crippen LogP contribution in [0.1, 0.15) is 18.4 Å². The van der Waals surface area contributed by atoms with E-state index in [9.17, 15) is 4.79 Å². The summed E-state index contributed by atoms with van der Waals surface area (Å²) in [6.45, 7) is 2.03. The number of rotatable bonds is 4. The van der Waals surface area contributed by atoms with Crippen LogP contribution in [0.5, 0.6) is 0 Å². The normalized spacial score (nSPS) is 13.2. The van der Waals surface area contributed by atoms with E-state index in [0.29, 0.717) is 11.3 Å². The lowest BCUT2D eigenvalue weighted by atomic mass is 10.1. The van der Waals surface area contributed by atoms with Gasteiger partial charge in [-0.25, -0.2) is 4.79 Å². The summed E-state index contributed by atoms with van der Waals surface area (Å²) in [5.74, 6) is 0. The Labute approximate surface area is 188 Å². The monoisotopic (exact) mass is 512 g/mol. The molecule has 0 saturated carbocycles. The number of carbonyl (C=O) groups excluding carboxylic acids is 1. The third-order valence-corrected chi connectivity index (χ3v) is 5.88. The molecule has 0 bridgehead atoms. The second-order valence-electron chi connectivity index (χ2n) is 7.20. The topological polar surface area (TPSA) is 86.0 Å². The predicted molar refractivity (Wildman–Crippen MR) is 127 cm³/mol. The SMILES string of the molecule is Cn1ncc(I)c1-c1cc(NC(=O)Nc2ccc(C#N)cc2)cc(N2CCCC2)c1. The molecule has 4 rings (SSSR count). The number of nitriles is 1. The van der Waals surface area contributed by atoms with Gasteiger partial charge in [0.25, 0.3) is 0 Å². The number of urea groups is 1. The van der Waals surface area contributed by atoms with Crippen LogP contribution in [0, 0.1) is 14.9 Å². The highest BCUT2D eigenvalue weighted by Gasteiger charge is 2.17. The van der Waals surface area contributed by atoms with Crippen LogP contribution in [-0.2, 0) is 7.05 Å². The minimum absolute atomic E-state index is 0.330. The molecule has 30 heavy (non-hydrogen) atoms. The number of aryl methyl sites for hydroxylation is 1. The first-order valence-electron chi connectivity index (χ1n) is 9.69. The van der Waals surface area contributed by atoms with Crippen molar-refractivity contribution in [1.29, 1.82) is 5.26 Å². The quantitative estimate of drug-likeness (QED) is 0.492. The molecule has 0 atom stereocenters. The first-order chi connectivity index (χ1) is 14.5. The largest absolute Gasteiger partial charge is 0.371 e. The number of benzene rings is 2. The fourth-order valence-corrected chi connectivity index (χ4v) is 4.42. The van der Waals surface area contributed by atoms with Crippen molar-refractivity contribution in [3.63, 3.8) is 0 Å². The molecule has 7 nitrogen and oxygen atoms in total. The van der Waals surface area contributed by atoms with Crippen LogP contribution in [-0.4, -0.2) is 28.9 Å². The first kappa shape index (κ1) is 20.2. The Hall–Kier alpha value is -3.06. The fraction of sp³-hybridized carbons (Fsp3) is 0.227. The van der Waals surface area contributed by atoms with Gasteiger partial charge in [-0.2, -0.15) is 10.4 Å². The Morgan fingerprint density at radius 3 is 2.43 bits per heavy atom. The van der Waals surface area contributed by atoms with Crippen molar-refractivity contribution in [1.82, 2.24) is 9.78 Å². The molecule has 1 fully saturated rings. The molecule has 0 spiro atoms. The average molecular weight is 512 g/mol. The third kappa shape index (κ3) is 4.41. The van der Waals surface area contributed by atoms with Gasteiger partial charge in [-0.05, 0) is 77.9 Å². The van der Waals surface area contributed by atoms with Crippen LogP contribution in [0.4, 0.5) is 21.9 Å². The van der Waals surface area contributed by atoms with Crippen LogP contribution < -0.4 is 15.5 Å². The van der Waals surface area contributed by atoms with E-state index in [-0.39, 0.29) is 6.03 Å². The number of hydrogen-bond acceptors (Lipinski definition) is 4. The Balaban J connectivity index is 1.61. The van der Waals surface area contributed by atoms with Crippen molar-refractivity contribution in [2.24, 2.45) is 7.05 Å². The maximum atomic E-state index is 12.6. The van der Waals surface area contributed by atoms with Gasteiger partial charge in [0.2, 0.25) is 0 Å². The third-order valence-electron chi connectivity index (χ3n) is 5.09. The highest BCUT2D eigenvalue weighted by atomic mass is 127. The van der Waals surface area contributed by atoms with Gasteiger partial charge in [0, 0.05) is 42.8 Å². The summed E-state index contributed by atoms with van der Waals surface area (Å²) < 4.78 is 2.91.